The van der Waals surface area contributed by atoms with Gasteiger partial charge in [-0.05, 0) is 6.07 Å². The summed E-state index contributed by atoms with van der Waals surface area (Å²) >= 11 is 0. The highest BCUT2D eigenvalue weighted by Crippen LogP contribution is 2.01. The summed E-state index contributed by atoms with van der Waals surface area (Å²) in [6, 6.07) is 1.29. The van der Waals surface area contributed by atoms with Crippen LogP contribution >= 0.6 is 0 Å². The average molecular weight is 184 g/mol. The van der Waals surface area contributed by atoms with E-state index in [1.807, 2.05) is 0 Å². The Morgan fingerprint density at radius 3 is 3.08 bits per heavy atom. The molecule has 1 aromatic rings. The minimum Gasteiger partial charge on any atom is -0.273 e. The summed E-state index contributed by atoms with van der Waals surface area (Å²) in [5, 5.41) is 0. The Balaban J connectivity index is 2.41. The molecule has 0 bridgehead atoms. The standard InChI is InChI=1S/C8H9FN2O2/c1-6(12)11-13-5-7-2-8(9)4-10-3-7/h2-4H,5H2,1H3,(H,11,12). The second-order valence-electron chi connectivity index (χ2n) is 2.46. The molecule has 13 heavy (non-hydrogen) atoms. The first kappa shape index (κ1) is 9.60. The van der Waals surface area contributed by atoms with Crippen LogP contribution in [0.5, 0.6) is 0 Å². The Bertz CT molecular complexity index is 304. The molecule has 1 aromatic heterocycles. The van der Waals surface area contributed by atoms with Gasteiger partial charge >= 0.3 is 0 Å². The van der Waals surface area contributed by atoms with Gasteiger partial charge in [-0.3, -0.25) is 14.6 Å². The summed E-state index contributed by atoms with van der Waals surface area (Å²) in [5.41, 5.74) is 2.69. The fourth-order valence-electron chi connectivity index (χ4n) is 0.756. The Kier molecular flexibility index (Phi) is 3.33. The molecule has 0 aromatic carbocycles. The van der Waals surface area contributed by atoms with Crippen LogP contribution in [-0.2, 0) is 16.2 Å². The first-order valence-corrected chi connectivity index (χ1v) is 3.66. The van der Waals surface area contributed by atoms with Gasteiger partial charge in [0.1, 0.15) is 12.4 Å². The quantitative estimate of drug-likeness (QED) is 0.706. The highest BCUT2D eigenvalue weighted by atomic mass is 19.1. The van der Waals surface area contributed by atoms with Crippen molar-refractivity contribution >= 4 is 5.91 Å². The third-order valence-corrected chi connectivity index (χ3v) is 1.22. The average Bonchev–Trinajstić information content (AvgIpc) is 2.03. The Hall–Kier alpha value is -1.49. The van der Waals surface area contributed by atoms with E-state index in [0.717, 1.165) is 6.20 Å². The van der Waals surface area contributed by atoms with E-state index in [9.17, 15) is 9.18 Å². The number of amides is 1. The van der Waals surface area contributed by atoms with Gasteiger partial charge in [0.15, 0.2) is 0 Å². The van der Waals surface area contributed by atoms with Gasteiger partial charge in [0.2, 0.25) is 5.91 Å². The second kappa shape index (κ2) is 4.51. The summed E-state index contributed by atoms with van der Waals surface area (Å²) in [7, 11) is 0. The summed E-state index contributed by atoms with van der Waals surface area (Å²) in [6.07, 6.45) is 2.56. The van der Waals surface area contributed by atoms with Crippen molar-refractivity contribution in [3.05, 3.63) is 29.8 Å². The van der Waals surface area contributed by atoms with Crippen LogP contribution < -0.4 is 5.48 Å². The third kappa shape index (κ3) is 3.62. The molecular weight excluding hydrogens is 175 g/mol. The number of halogens is 1. The van der Waals surface area contributed by atoms with Crippen molar-refractivity contribution in [2.45, 2.75) is 13.5 Å². The molecule has 0 saturated carbocycles. The maximum absolute atomic E-state index is 12.5. The summed E-state index contributed by atoms with van der Waals surface area (Å²) < 4.78 is 12.5. The van der Waals surface area contributed by atoms with Gasteiger partial charge in [-0.1, -0.05) is 0 Å². The summed E-state index contributed by atoms with van der Waals surface area (Å²) in [5.74, 6) is -0.728. The number of carbonyl (C=O) groups excluding carboxylic acids is 1. The number of hydrogen-bond donors (Lipinski definition) is 1. The molecule has 1 heterocycles. The van der Waals surface area contributed by atoms with Crippen molar-refractivity contribution in [1.82, 2.24) is 10.5 Å². The molecule has 70 valence electrons. The van der Waals surface area contributed by atoms with Gasteiger partial charge in [-0.25, -0.2) is 9.87 Å². The van der Waals surface area contributed by atoms with E-state index in [0.29, 0.717) is 5.56 Å². The van der Waals surface area contributed by atoms with Gasteiger partial charge in [0.05, 0.1) is 6.20 Å². The van der Waals surface area contributed by atoms with Crippen molar-refractivity contribution in [2.24, 2.45) is 0 Å². The van der Waals surface area contributed by atoms with Crippen molar-refractivity contribution in [2.75, 3.05) is 0 Å². The zero-order valence-corrected chi connectivity index (χ0v) is 7.08. The Morgan fingerprint density at radius 2 is 2.46 bits per heavy atom. The zero-order valence-electron chi connectivity index (χ0n) is 7.08. The molecule has 1 amide bonds. The molecule has 5 heteroatoms. The highest BCUT2D eigenvalue weighted by molar-refractivity contribution is 5.71. The van der Waals surface area contributed by atoms with Gasteiger partial charge in [-0.2, -0.15) is 0 Å². The second-order valence-corrected chi connectivity index (χ2v) is 2.46. The smallest absolute Gasteiger partial charge is 0.240 e. The lowest BCUT2D eigenvalue weighted by Gasteiger charge is -2.02. The van der Waals surface area contributed by atoms with Crippen LogP contribution in [-0.4, -0.2) is 10.9 Å². The maximum Gasteiger partial charge on any atom is 0.240 e. The zero-order chi connectivity index (χ0) is 9.68. The molecular formula is C8H9FN2O2. The van der Waals surface area contributed by atoms with E-state index in [1.165, 1.54) is 19.2 Å². The monoisotopic (exact) mass is 184 g/mol. The van der Waals surface area contributed by atoms with E-state index < -0.39 is 5.82 Å². The number of carbonyl (C=O) groups is 1. The van der Waals surface area contributed by atoms with Gasteiger partial charge in [-0.15, -0.1) is 0 Å². The number of nitrogens with one attached hydrogen (secondary N) is 1. The molecule has 0 unspecified atom stereocenters. The molecule has 0 spiro atoms. The highest BCUT2D eigenvalue weighted by Gasteiger charge is 1.96. The van der Waals surface area contributed by atoms with Crippen LogP contribution in [0.3, 0.4) is 0 Å². The van der Waals surface area contributed by atoms with E-state index in [1.54, 1.807) is 0 Å². The minimum atomic E-state index is -0.427. The molecule has 0 aliphatic heterocycles. The molecule has 1 N–H and O–H groups in total. The number of hydrogen-bond acceptors (Lipinski definition) is 3. The van der Waals surface area contributed by atoms with Gasteiger partial charge in [0.25, 0.3) is 0 Å². The Morgan fingerprint density at radius 1 is 1.69 bits per heavy atom. The summed E-state index contributed by atoms with van der Waals surface area (Å²) in [4.78, 5) is 18.7. The molecule has 0 radical (unpaired) electrons. The molecule has 0 atom stereocenters. The fraction of sp³-hybridized carbons (Fsp3) is 0.250. The van der Waals surface area contributed by atoms with E-state index in [-0.39, 0.29) is 12.5 Å². The molecule has 0 aliphatic rings. The first-order chi connectivity index (χ1) is 6.18. The lowest BCUT2D eigenvalue weighted by molar-refractivity contribution is -0.132. The van der Waals surface area contributed by atoms with Gasteiger partial charge < -0.3 is 0 Å². The van der Waals surface area contributed by atoms with Crippen molar-refractivity contribution < 1.29 is 14.0 Å². The van der Waals surface area contributed by atoms with Crippen molar-refractivity contribution in [3.8, 4) is 0 Å². The molecule has 0 aliphatic carbocycles. The van der Waals surface area contributed by atoms with Crippen LogP contribution in [0.15, 0.2) is 18.5 Å². The topological polar surface area (TPSA) is 51.2 Å². The fourth-order valence-corrected chi connectivity index (χ4v) is 0.756. The predicted octanol–water partition coefficient (Wildman–Crippen LogP) is 0.788. The normalized spacial score (nSPS) is 9.69. The number of nitrogens with zero attached hydrogens (tertiary/aromatic N) is 1. The van der Waals surface area contributed by atoms with Crippen molar-refractivity contribution in [3.63, 3.8) is 0 Å². The first-order valence-electron chi connectivity index (χ1n) is 3.66. The van der Waals surface area contributed by atoms with Crippen LogP contribution in [0.2, 0.25) is 0 Å². The minimum absolute atomic E-state index is 0.102. The summed E-state index contributed by atoms with van der Waals surface area (Å²) in [6.45, 7) is 1.42. The van der Waals surface area contributed by atoms with E-state index in [2.05, 4.69) is 10.5 Å². The van der Waals surface area contributed by atoms with Crippen LogP contribution in [0.25, 0.3) is 0 Å². The number of rotatable bonds is 3. The van der Waals surface area contributed by atoms with Crippen molar-refractivity contribution in [1.29, 1.82) is 0 Å². The van der Waals surface area contributed by atoms with E-state index in [4.69, 9.17) is 4.84 Å². The lowest BCUT2D eigenvalue weighted by Crippen LogP contribution is -2.19. The number of hydroxylamine groups is 1. The number of aromatic nitrogens is 1. The maximum atomic E-state index is 12.5. The lowest BCUT2D eigenvalue weighted by atomic mass is 10.3. The third-order valence-electron chi connectivity index (χ3n) is 1.22. The van der Waals surface area contributed by atoms with E-state index >= 15 is 0 Å². The number of pyridine rings is 1. The Labute approximate surface area is 74.7 Å². The molecule has 0 fully saturated rings. The molecule has 4 nitrogen and oxygen atoms in total. The molecule has 1 rings (SSSR count). The SMILES string of the molecule is CC(=O)NOCc1cncc(F)c1. The van der Waals surface area contributed by atoms with Gasteiger partial charge in [0, 0.05) is 18.7 Å². The van der Waals surface area contributed by atoms with Crippen LogP contribution in [0.4, 0.5) is 4.39 Å². The van der Waals surface area contributed by atoms with Crippen LogP contribution in [0.1, 0.15) is 12.5 Å². The predicted molar refractivity (Wildman–Crippen MR) is 42.8 cm³/mol. The van der Waals surface area contributed by atoms with Crippen LogP contribution in [0, 0.1) is 5.82 Å². The largest absolute Gasteiger partial charge is 0.273 e. The molecule has 0 saturated heterocycles.